The second kappa shape index (κ2) is 10.5. The summed E-state index contributed by atoms with van der Waals surface area (Å²) in [5.74, 6) is 3.52. The number of carbonyl (C=O) groups excluding carboxylic acids is 1. The average Bonchev–Trinajstić information content (AvgIpc) is 3.16. The van der Waals surface area contributed by atoms with Crippen molar-refractivity contribution in [3.63, 3.8) is 0 Å². The number of hydrogen-bond acceptors (Lipinski definition) is 4. The smallest absolute Gasteiger partial charge is 0.222 e. The minimum atomic E-state index is -0.313. The summed E-state index contributed by atoms with van der Waals surface area (Å²) < 4.78 is -0.313. The largest absolute Gasteiger partial charge is 0.633 e. The molecule has 0 bridgehead atoms. The number of carbonyl (C=O) groups is 1. The minimum Gasteiger partial charge on any atom is -0.633 e. The van der Waals surface area contributed by atoms with Gasteiger partial charge in [0.25, 0.3) is 0 Å². The number of aliphatic hydroxyl groups is 2. The SMILES string of the molecule is CC(CCC(=O)N(C)CCC[N+](C)(C)[O-])C1CCC2C3CCC4CC(O)CCC4(C)C3CC(O)C12C. The Hall–Kier alpha value is -0.690. The predicted molar refractivity (Wildman–Crippen MR) is 144 cm³/mol. The molecule has 4 rings (SSSR count). The van der Waals surface area contributed by atoms with Gasteiger partial charge in [-0.3, -0.25) is 4.79 Å². The van der Waals surface area contributed by atoms with Crippen molar-refractivity contribution < 1.29 is 19.7 Å². The zero-order valence-electron chi connectivity index (χ0n) is 23.9. The van der Waals surface area contributed by atoms with E-state index in [1.54, 1.807) is 19.0 Å². The van der Waals surface area contributed by atoms with E-state index in [-0.39, 0.29) is 33.6 Å². The van der Waals surface area contributed by atoms with Crippen LogP contribution in [-0.2, 0) is 4.79 Å². The molecular weight excluding hydrogens is 452 g/mol. The van der Waals surface area contributed by atoms with Crippen molar-refractivity contribution in [2.45, 2.75) is 104 Å². The lowest BCUT2D eigenvalue weighted by atomic mass is 9.43. The van der Waals surface area contributed by atoms with Gasteiger partial charge in [-0.15, -0.1) is 0 Å². The van der Waals surface area contributed by atoms with Crippen LogP contribution in [0.5, 0.6) is 0 Å². The van der Waals surface area contributed by atoms with Crippen LogP contribution in [0, 0.1) is 51.5 Å². The van der Waals surface area contributed by atoms with Crippen LogP contribution in [0.15, 0.2) is 0 Å². The first-order valence-corrected chi connectivity index (χ1v) is 14.9. The van der Waals surface area contributed by atoms with Crippen LogP contribution in [0.3, 0.4) is 0 Å². The van der Waals surface area contributed by atoms with E-state index >= 15 is 0 Å². The van der Waals surface area contributed by atoms with Gasteiger partial charge in [0.2, 0.25) is 5.91 Å². The molecule has 208 valence electrons. The predicted octanol–water partition coefficient (Wildman–Crippen LogP) is 4.82. The fraction of sp³-hybridized carbons (Fsp3) is 0.967. The molecule has 0 aromatic rings. The minimum absolute atomic E-state index is 0.0511. The molecule has 0 saturated heterocycles. The summed E-state index contributed by atoms with van der Waals surface area (Å²) in [6.45, 7) is 8.32. The molecule has 1 amide bonds. The zero-order chi connectivity index (χ0) is 26.5. The number of amides is 1. The third-order valence-corrected chi connectivity index (χ3v) is 11.9. The van der Waals surface area contributed by atoms with Gasteiger partial charge in [0, 0.05) is 26.4 Å². The van der Waals surface area contributed by atoms with E-state index in [2.05, 4.69) is 20.8 Å². The average molecular weight is 507 g/mol. The molecule has 4 fully saturated rings. The Labute approximate surface area is 220 Å². The fourth-order valence-corrected chi connectivity index (χ4v) is 9.72. The quantitative estimate of drug-likeness (QED) is 0.365. The Morgan fingerprint density at radius 2 is 1.81 bits per heavy atom. The van der Waals surface area contributed by atoms with Crippen LogP contribution >= 0.6 is 0 Å². The third kappa shape index (κ3) is 5.26. The van der Waals surface area contributed by atoms with Gasteiger partial charge in [-0.1, -0.05) is 20.8 Å². The Bertz CT molecular complexity index is 783. The summed E-state index contributed by atoms with van der Waals surface area (Å²) in [5.41, 5.74) is 0.218. The molecule has 4 aliphatic rings. The molecule has 0 heterocycles. The van der Waals surface area contributed by atoms with Crippen LogP contribution < -0.4 is 0 Å². The van der Waals surface area contributed by atoms with E-state index in [4.69, 9.17) is 0 Å². The molecule has 36 heavy (non-hydrogen) atoms. The van der Waals surface area contributed by atoms with Crippen molar-refractivity contribution >= 4 is 5.91 Å². The zero-order valence-corrected chi connectivity index (χ0v) is 23.9. The highest BCUT2D eigenvalue weighted by Crippen LogP contribution is 2.68. The van der Waals surface area contributed by atoms with E-state index < -0.39 is 0 Å². The van der Waals surface area contributed by atoms with Crippen molar-refractivity contribution in [1.29, 1.82) is 0 Å². The van der Waals surface area contributed by atoms with Crippen molar-refractivity contribution in [3.05, 3.63) is 5.21 Å². The van der Waals surface area contributed by atoms with Crippen molar-refractivity contribution in [3.8, 4) is 0 Å². The lowest BCUT2D eigenvalue weighted by molar-refractivity contribution is -0.840. The van der Waals surface area contributed by atoms with Gasteiger partial charge in [-0.25, -0.2) is 0 Å². The summed E-state index contributed by atoms with van der Waals surface area (Å²) in [4.78, 5) is 14.6. The van der Waals surface area contributed by atoms with Gasteiger partial charge in [-0.2, -0.15) is 0 Å². The second-order valence-electron chi connectivity index (χ2n) is 14.4. The summed E-state index contributed by atoms with van der Waals surface area (Å²) in [6.07, 6.45) is 10.5. The maximum atomic E-state index is 12.8. The monoisotopic (exact) mass is 506 g/mol. The lowest BCUT2D eigenvalue weighted by Crippen LogP contribution is -2.58. The molecule has 4 saturated carbocycles. The highest BCUT2D eigenvalue weighted by atomic mass is 16.5. The van der Waals surface area contributed by atoms with E-state index in [0.29, 0.717) is 55.0 Å². The van der Waals surface area contributed by atoms with Gasteiger partial charge in [-0.05, 0) is 104 Å². The van der Waals surface area contributed by atoms with Crippen LogP contribution in [0.2, 0.25) is 0 Å². The molecule has 10 atom stereocenters. The number of hydroxylamine groups is 3. The summed E-state index contributed by atoms with van der Waals surface area (Å²) in [7, 11) is 5.15. The summed E-state index contributed by atoms with van der Waals surface area (Å²) >= 11 is 0. The van der Waals surface area contributed by atoms with Gasteiger partial charge >= 0.3 is 0 Å². The summed E-state index contributed by atoms with van der Waals surface area (Å²) in [5, 5.41) is 33.8. The van der Waals surface area contributed by atoms with E-state index in [1.807, 2.05) is 7.05 Å². The molecule has 6 nitrogen and oxygen atoms in total. The first-order valence-electron chi connectivity index (χ1n) is 14.9. The normalized spacial score (nSPS) is 43.3. The highest BCUT2D eigenvalue weighted by Gasteiger charge is 2.63. The standard InChI is InChI=1S/C30H54N2O4/c1-20(8-13-28(35)31(4)16-7-17-32(5,6)36)24-11-12-25-23-10-9-21-18-22(33)14-15-29(21,2)26(23)19-27(34)30(24,25)3/h20-27,33-34H,7-19H2,1-6H3. The van der Waals surface area contributed by atoms with Crippen molar-refractivity contribution in [2.75, 3.05) is 34.2 Å². The molecule has 6 heteroatoms. The van der Waals surface area contributed by atoms with E-state index in [9.17, 15) is 20.2 Å². The molecule has 4 aliphatic carbocycles. The molecular formula is C30H54N2O4. The van der Waals surface area contributed by atoms with Crippen LogP contribution in [0.1, 0.15) is 91.4 Å². The number of aliphatic hydroxyl groups excluding tert-OH is 2. The van der Waals surface area contributed by atoms with Gasteiger partial charge in [0.1, 0.15) is 0 Å². The Balaban J connectivity index is 1.37. The number of rotatable bonds is 8. The lowest BCUT2D eigenvalue weighted by Gasteiger charge is -2.62. The fourth-order valence-electron chi connectivity index (χ4n) is 9.72. The van der Waals surface area contributed by atoms with Crippen LogP contribution in [-0.4, -0.2) is 72.1 Å². The molecule has 10 unspecified atom stereocenters. The van der Waals surface area contributed by atoms with Crippen LogP contribution in [0.25, 0.3) is 0 Å². The number of nitrogens with zero attached hydrogens (tertiary/aromatic N) is 2. The van der Waals surface area contributed by atoms with Gasteiger partial charge < -0.3 is 25.0 Å². The number of quaternary nitrogens is 1. The summed E-state index contributed by atoms with van der Waals surface area (Å²) in [6, 6.07) is 0. The second-order valence-corrected chi connectivity index (χ2v) is 14.4. The maximum absolute atomic E-state index is 12.8. The van der Waals surface area contributed by atoms with E-state index in [1.165, 1.54) is 25.7 Å². The molecule has 0 aromatic carbocycles. The Kier molecular flexibility index (Phi) is 8.23. The van der Waals surface area contributed by atoms with Crippen molar-refractivity contribution in [2.24, 2.45) is 46.3 Å². The van der Waals surface area contributed by atoms with E-state index in [0.717, 1.165) is 38.5 Å². The van der Waals surface area contributed by atoms with Gasteiger partial charge in [0.15, 0.2) is 0 Å². The molecule has 2 N–H and O–H groups in total. The molecule has 0 spiro atoms. The van der Waals surface area contributed by atoms with Crippen LogP contribution in [0.4, 0.5) is 0 Å². The molecule has 0 radical (unpaired) electrons. The Morgan fingerprint density at radius 3 is 2.50 bits per heavy atom. The molecule has 0 aromatic heterocycles. The number of hydrogen-bond donors (Lipinski definition) is 2. The van der Waals surface area contributed by atoms with Gasteiger partial charge in [0.05, 0.1) is 32.8 Å². The first kappa shape index (κ1) is 28.3. The third-order valence-electron chi connectivity index (χ3n) is 11.9. The first-order chi connectivity index (χ1) is 16.8. The number of fused-ring (bicyclic) bond motifs is 5. The topological polar surface area (TPSA) is 83.8 Å². The Morgan fingerprint density at radius 1 is 1.08 bits per heavy atom. The highest BCUT2D eigenvalue weighted by molar-refractivity contribution is 5.75. The molecule has 0 aliphatic heterocycles. The maximum Gasteiger partial charge on any atom is 0.222 e. The van der Waals surface area contributed by atoms with Crippen molar-refractivity contribution in [1.82, 2.24) is 4.90 Å².